The first-order valence-corrected chi connectivity index (χ1v) is 6.94. The van der Waals surface area contributed by atoms with E-state index in [0.29, 0.717) is 23.1 Å². The molecule has 0 aromatic heterocycles. The van der Waals surface area contributed by atoms with E-state index in [2.05, 4.69) is 0 Å². The summed E-state index contributed by atoms with van der Waals surface area (Å²) in [5, 5.41) is 0. The maximum absolute atomic E-state index is 12.6. The summed E-state index contributed by atoms with van der Waals surface area (Å²) in [7, 11) is 0. The van der Waals surface area contributed by atoms with Crippen LogP contribution >= 0.6 is 0 Å². The second-order valence-electron chi connectivity index (χ2n) is 5.66. The lowest BCUT2D eigenvalue weighted by atomic mass is 9.93. The third kappa shape index (κ3) is 1.46. The summed E-state index contributed by atoms with van der Waals surface area (Å²) < 4.78 is 0. The number of rotatable bonds is 2. The Hall–Kier alpha value is -2.55. The van der Waals surface area contributed by atoms with Crippen LogP contribution in [0.4, 0.5) is 0 Å². The standard InChI is InChI=1S/C18H12O3/c19-15(11-6-2-1-3-7-11)14-10-18(14)16(20)12-8-4-5-9-13(12)17(18)21/h1-9,14H,10H2. The molecular weight excluding hydrogens is 264 g/mol. The zero-order valence-electron chi connectivity index (χ0n) is 11.2. The fourth-order valence-corrected chi connectivity index (χ4v) is 3.35. The zero-order valence-corrected chi connectivity index (χ0v) is 11.2. The molecule has 1 atom stereocenters. The van der Waals surface area contributed by atoms with E-state index in [1.54, 1.807) is 48.5 Å². The molecule has 0 N–H and O–H groups in total. The molecule has 4 rings (SSSR count). The van der Waals surface area contributed by atoms with Crippen molar-refractivity contribution in [3.8, 4) is 0 Å². The van der Waals surface area contributed by atoms with Gasteiger partial charge in [-0.1, -0.05) is 54.6 Å². The normalized spacial score (nSPS) is 21.4. The van der Waals surface area contributed by atoms with Crippen LogP contribution in [0.25, 0.3) is 0 Å². The Labute approximate surface area is 121 Å². The summed E-state index contributed by atoms with van der Waals surface area (Å²) in [5.74, 6) is -0.979. The van der Waals surface area contributed by atoms with E-state index in [9.17, 15) is 14.4 Å². The van der Waals surface area contributed by atoms with Gasteiger partial charge in [0.05, 0.1) is 0 Å². The summed E-state index contributed by atoms with van der Waals surface area (Å²) in [5.41, 5.74) is 0.379. The second kappa shape index (κ2) is 3.98. The highest BCUT2D eigenvalue weighted by Crippen LogP contribution is 2.61. The molecule has 3 nitrogen and oxygen atoms in total. The Morgan fingerprint density at radius 1 is 0.857 bits per heavy atom. The molecule has 2 aromatic rings. The van der Waals surface area contributed by atoms with Crippen LogP contribution in [0, 0.1) is 11.3 Å². The van der Waals surface area contributed by atoms with Gasteiger partial charge in [-0.2, -0.15) is 0 Å². The lowest BCUT2D eigenvalue weighted by molar-refractivity contribution is 0.0766. The third-order valence-electron chi connectivity index (χ3n) is 4.56. The Morgan fingerprint density at radius 3 is 1.95 bits per heavy atom. The van der Waals surface area contributed by atoms with Gasteiger partial charge in [0.1, 0.15) is 5.41 Å². The molecule has 2 aromatic carbocycles. The van der Waals surface area contributed by atoms with Gasteiger partial charge in [-0.3, -0.25) is 14.4 Å². The zero-order chi connectivity index (χ0) is 14.6. The molecule has 0 saturated heterocycles. The van der Waals surface area contributed by atoms with Crippen LogP contribution in [0.1, 0.15) is 37.5 Å². The maximum atomic E-state index is 12.6. The van der Waals surface area contributed by atoms with Crippen molar-refractivity contribution in [2.24, 2.45) is 11.3 Å². The molecule has 0 radical (unpaired) electrons. The van der Waals surface area contributed by atoms with E-state index in [0.717, 1.165) is 0 Å². The van der Waals surface area contributed by atoms with Crippen molar-refractivity contribution >= 4 is 17.3 Å². The first-order valence-electron chi connectivity index (χ1n) is 6.94. The van der Waals surface area contributed by atoms with Crippen molar-refractivity contribution < 1.29 is 14.4 Å². The van der Waals surface area contributed by atoms with Crippen LogP contribution in [0.2, 0.25) is 0 Å². The van der Waals surface area contributed by atoms with Crippen LogP contribution in [-0.4, -0.2) is 17.3 Å². The van der Waals surface area contributed by atoms with E-state index in [1.807, 2.05) is 6.07 Å². The van der Waals surface area contributed by atoms with Gasteiger partial charge >= 0.3 is 0 Å². The van der Waals surface area contributed by atoms with Gasteiger partial charge < -0.3 is 0 Å². The molecule has 102 valence electrons. The minimum Gasteiger partial charge on any atom is -0.294 e. The molecular formula is C18H12O3. The van der Waals surface area contributed by atoms with Gasteiger partial charge in [-0.15, -0.1) is 0 Å². The summed E-state index contributed by atoms with van der Waals surface area (Å²) in [4.78, 5) is 37.6. The van der Waals surface area contributed by atoms with Crippen molar-refractivity contribution in [1.29, 1.82) is 0 Å². The lowest BCUT2D eigenvalue weighted by Gasteiger charge is -2.05. The number of hydrogen-bond donors (Lipinski definition) is 0. The highest BCUT2D eigenvalue weighted by Gasteiger charge is 2.71. The molecule has 0 heterocycles. The van der Waals surface area contributed by atoms with Crippen LogP contribution in [0.5, 0.6) is 0 Å². The first-order chi connectivity index (χ1) is 10.2. The number of Topliss-reactive ketones (excluding diaryl/α,β-unsaturated/α-hetero) is 3. The largest absolute Gasteiger partial charge is 0.294 e. The predicted molar refractivity (Wildman–Crippen MR) is 76.4 cm³/mol. The average molecular weight is 276 g/mol. The first kappa shape index (κ1) is 12.2. The molecule has 21 heavy (non-hydrogen) atoms. The number of fused-ring (bicyclic) bond motifs is 1. The topological polar surface area (TPSA) is 51.2 Å². The molecule has 0 aliphatic heterocycles. The summed E-state index contributed by atoms with van der Waals surface area (Å²) in [6, 6.07) is 15.7. The van der Waals surface area contributed by atoms with Gasteiger partial charge in [-0.05, 0) is 6.42 Å². The minimum atomic E-state index is -1.11. The Bertz CT molecular complexity index is 754. The van der Waals surface area contributed by atoms with Crippen molar-refractivity contribution in [2.45, 2.75) is 6.42 Å². The van der Waals surface area contributed by atoms with Crippen LogP contribution in [0.15, 0.2) is 54.6 Å². The number of ketones is 3. The van der Waals surface area contributed by atoms with Gasteiger partial charge in [-0.25, -0.2) is 0 Å². The van der Waals surface area contributed by atoms with Crippen molar-refractivity contribution in [1.82, 2.24) is 0 Å². The molecule has 1 spiro atoms. The van der Waals surface area contributed by atoms with E-state index >= 15 is 0 Å². The van der Waals surface area contributed by atoms with Gasteiger partial charge in [0.2, 0.25) is 0 Å². The number of carbonyl (C=O) groups is 3. The molecule has 1 unspecified atom stereocenters. The second-order valence-corrected chi connectivity index (χ2v) is 5.66. The Kier molecular flexibility index (Phi) is 2.31. The Balaban J connectivity index is 1.72. The molecule has 2 aliphatic carbocycles. The average Bonchev–Trinajstić information content (AvgIpc) is 3.26. The highest BCUT2D eigenvalue weighted by molar-refractivity contribution is 6.34. The monoisotopic (exact) mass is 276 g/mol. The quantitative estimate of drug-likeness (QED) is 0.626. The summed E-state index contributed by atoms with van der Waals surface area (Å²) >= 11 is 0. The fourth-order valence-electron chi connectivity index (χ4n) is 3.35. The predicted octanol–water partition coefficient (Wildman–Crippen LogP) is 2.95. The molecule has 0 amide bonds. The number of benzene rings is 2. The van der Waals surface area contributed by atoms with E-state index < -0.39 is 11.3 Å². The fraction of sp³-hybridized carbons (Fsp3) is 0.167. The smallest absolute Gasteiger partial charge is 0.178 e. The molecule has 1 fully saturated rings. The number of carbonyl (C=O) groups excluding carboxylic acids is 3. The lowest BCUT2D eigenvalue weighted by Crippen LogP contribution is -2.22. The highest BCUT2D eigenvalue weighted by atomic mass is 16.2. The van der Waals surface area contributed by atoms with Crippen molar-refractivity contribution in [2.75, 3.05) is 0 Å². The summed E-state index contributed by atoms with van der Waals surface area (Å²) in [6.07, 6.45) is 0.340. The molecule has 1 saturated carbocycles. The van der Waals surface area contributed by atoms with E-state index in [1.165, 1.54) is 0 Å². The maximum Gasteiger partial charge on any atom is 0.178 e. The van der Waals surface area contributed by atoms with Crippen molar-refractivity contribution in [3.05, 3.63) is 71.3 Å². The van der Waals surface area contributed by atoms with Crippen LogP contribution in [0.3, 0.4) is 0 Å². The van der Waals surface area contributed by atoms with Gasteiger partial charge in [0.15, 0.2) is 17.3 Å². The van der Waals surface area contributed by atoms with Gasteiger partial charge in [0.25, 0.3) is 0 Å². The molecule has 3 heteroatoms. The van der Waals surface area contributed by atoms with Gasteiger partial charge in [0, 0.05) is 22.6 Å². The van der Waals surface area contributed by atoms with Crippen molar-refractivity contribution in [3.63, 3.8) is 0 Å². The van der Waals surface area contributed by atoms with E-state index in [-0.39, 0.29) is 17.3 Å². The number of hydrogen-bond acceptors (Lipinski definition) is 3. The van der Waals surface area contributed by atoms with Crippen LogP contribution < -0.4 is 0 Å². The van der Waals surface area contributed by atoms with Crippen LogP contribution in [-0.2, 0) is 0 Å². The van der Waals surface area contributed by atoms with E-state index in [4.69, 9.17) is 0 Å². The summed E-state index contributed by atoms with van der Waals surface area (Å²) in [6.45, 7) is 0. The Morgan fingerprint density at radius 2 is 1.38 bits per heavy atom. The minimum absolute atomic E-state index is 0.106. The third-order valence-corrected chi connectivity index (χ3v) is 4.56. The molecule has 2 aliphatic rings. The molecule has 0 bridgehead atoms. The SMILES string of the molecule is O=C(c1ccccc1)C1CC12C(=O)c1ccccc1C2=O.